The largest absolute Gasteiger partial charge is 2.00 e. The van der Waals surface area contributed by atoms with Crippen LogP contribution in [0.4, 0.5) is 0 Å². The number of carbonyl (C=O) groups excluding carboxylic acids is 2. The summed E-state index contributed by atoms with van der Waals surface area (Å²) < 4.78 is 0. The molecule has 4 radical (unpaired) electrons. The van der Waals surface area contributed by atoms with Gasteiger partial charge in [0.15, 0.2) is 0 Å². The number of hydrogen-bond acceptors (Lipinski definition) is 6. The van der Waals surface area contributed by atoms with E-state index in [1.165, 1.54) is 51.4 Å². The number of carboxylic acid groups (broad SMARTS) is 2. The van der Waals surface area contributed by atoms with Crippen LogP contribution in [0.5, 0.6) is 0 Å². The van der Waals surface area contributed by atoms with Crippen molar-refractivity contribution in [1.82, 2.24) is 0 Å². The molecule has 0 aromatic carbocycles. The van der Waals surface area contributed by atoms with Crippen LogP contribution in [0.25, 0.3) is 0 Å². The normalized spacial score (nSPS) is 9.31. The minimum atomic E-state index is -0.925. The summed E-state index contributed by atoms with van der Waals surface area (Å²) in [5, 5.41) is 20.1. The first kappa shape index (κ1) is 45.4. The van der Waals surface area contributed by atoms with Crippen LogP contribution in [0.2, 0.25) is 0 Å². The van der Waals surface area contributed by atoms with Crippen molar-refractivity contribution >= 4 is 61.1 Å². The Morgan fingerprint density at radius 2 is 0.743 bits per heavy atom. The van der Waals surface area contributed by atoms with Gasteiger partial charge in [0, 0.05) is 11.9 Å². The monoisotopic (exact) mass is 638 g/mol. The first-order chi connectivity index (χ1) is 16.4. The van der Waals surface area contributed by atoms with Gasteiger partial charge in [-0.1, -0.05) is 130 Å². The fraction of sp³-hybridized carbons (Fsp3) is 0.857. The summed E-state index contributed by atoms with van der Waals surface area (Å²) in [4.78, 5) is 20.1. The van der Waals surface area contributed by atoms with Crippen LogP contribution in [0.15, 0.2) is 0 Å². The molecule has 0 fully saturated rings. The molecule has 0 saturated heterocycles. The summed E-state index contributed by atoms with van der Waals surface area (Å²) in [6, 6.07) is 0. The van der Waals surface area contributed by atoms with Gasteiger partial charge in [-0.05, 0) is 25.7 Å². The predicted octanol–water partition coefficient (Wildman–Crippen LogP) is 5.67. The van der Waals surface area contributed by atoms with Gasteiger partial charge >= 0.3 is 23.9 Å². The summed E-state index contributed by atoms with van der Waals surface area (Å²) in [5.41, 5.74) is 0. The number of hydrogen-bond donors (Lipinski definition) is 0. The number of unbranched alkanes of at least 4 members (excludes halogenated alkanes) is 14. The van der Waals surface area contributed by atoms with E-state index < -0.39 is 11.9 Å². The Labute approximate surface area is 247 Å². The second-order valence-corrected chi connectivity index (χ2v) is 9.13. The Kier molecular flexibility index (Phi) is 61.7. The maximum atomic E-state index is 10.1. The molecule has 0 saturated carbocycles. The van der Waals surface area contributed by atoms with Gasteiger partial charge in [-0.2, -0.15) is 11.5 Å². The molecule has 0 N–H and O–H groups in total. The molecule has 0 aliphatic heterocycles. The average Bonchev–Trinajstić information content (AvgIpc) is 2.83. The quantitative estimate of drug-likeness (QED) is 0.0973. The van der Waals surface area contributed by atoms with Crippen LogP contribution in [-0.4, -0.2) is 47.4 Å². The SMILES string of the molecule is O=C([O-])CCCCCCCCC[S-].O=C([O-])CCCCCCCCC[S-].[CH2]CCC.[CH2]CCC.[Sn+2]. The van der Waals surface area contributed by atoms with Crippen molar-refractivity contribution in [3.8, 4) is 0 Å². The van der Waals surface area contributed by atoms with Gasteiger partial charge in [-0.3, -0.25) is 0 Å². The second kappa shape index (κ2) is 47.6. The van der Waals surface area contributed by atoms with E-state index in [0.29, 0.717) is 0 Å². The molecule has 0 spiro atoms. The average molecular weight is 638 g/mol. The Hall–Kier alpha value is 0.439. The zero-order valence-electron chi connectivity index (χ0n) is 22.9. The Balaban J connectivity index is -0.000000128. The van der Waals surface area contributed by atoms with E-state index in [-0.39, 0.29) is 36.7 Å². The standard InChI is InChI=1S/2C10H20O2S.2C4H9.Sn/c2*11-10(12)8-6-4-2-1-3-5-7-9-13;2*1-3-4-2;/h2*13H,1-9H2,(H,11,12);2*1,3-4H2,2H3;/q;;;;+2/p-4. The third-order valence-corrected chi connectivity index (χ3v) is 5.33. The van der Waals surface area contributed by atoms with Crippen LogP contribution in [0.3, 0.4) is 0 Å². The second-order valence-electron chi connectivity index (χ2n) is 8.31. The van der Waals surface area contributed by atoms with E-state index >= 15 is 0 Å². The zero-order chi connectivity index (χ0) is 26.7. The van der Waals surface area contributed by atoms with E-state index in [2.05, 4.69) is 27.7 Å². The molecule has 0 aliphatic rings. The molecular formula is C28H54O4S2Sn-2. The van der Waals surface area contributed by atoms with Gasteiger partial charge in [0.1, 0.15) is 0 Å². The van der Waals surface area contributed by atoms with E-state index in [9.17, 15) is 19.8 Å². The van der Waals surface area contributed by atoms with Crippen LogP contribution >= 0.6 is 0 Å². The van der Waals surface area contributed by atoms with Gasteiger partial charge in [-0.15, -0.1) is 0 Å². The maximum Gasteiger partial charge on any atom is 2.00 e. The van der Waals surface area contributed by atoms with E-state index in [1.54, 1.807) is 0 Å². The fourth-order valence-electron chi connectivity index (χ4n) is 2.51. The van der Waals surface area contributed by atoms with E-state index in [1.807, 2.05) is 0 Å². The smallest absolute Gasteiger partial charge is 0.793 e. The Bertz CT molecular complexity index is 335. The number of carbonyl (C=O) groups is 2. The van der Waals surface area contributed by atoms with Crippen molar-refractivity contribution in [2.24, 2.45) is 0 Å². The van der Waals surface area contributed by atoms with E-state index in [4.69, 9.17) is 25.3 Å². The summed E-state index contributed by atoms with van der Waals surface area (Å²) in [6.45, 7) is 11.4. The minimum Gasteiger partial charge on any atom is -0.793 e. The molecule has 0 rings (SSSR count). The van der Waals surface area contributed by atoms with Crippen LogP contribution in [0, 0.1) is 13.8 Å². The molecule has 0 heterocycles. The minimum absolute atomic E-state index is 0. The van der Waals surface area contributed by atoms with Gasteiger partial charge in [0.2, 0.25) is 0 Å². The van der Waals surface area contributed by atoms with Crippen molar-refractivity contribution in [2.45, 2.75) is 142 Å². The summed E-state index contributed by atoms with van der Waals surface area (Å²) >= 11 is 9.66. The maximum absolute atomic E-state index is 10.1. The van der Waals surface area contributed by atoms with Crippen LogP contribution in [0.1, 0.15) is 142 Å². The van der Waals surface area contributed by atoms with Crippen molar-refractivity contribution < 1.29 is 19.8 Å². The molecule has 208 valence electrons. The van der Waals surface area contributed by atoms with Gasteiger partial charge < -0.3 is 45.1 Å². The van der Waals surface area contributed by atoms with Crippen molar-refractivity contribution in [1.29, 1.82) is 0 Å². The number of rotatable bonds is 20. The van der Waals surface area contributed by atoms with Crippen LogP contribution in [-0.2, 0) is 34.8 Å². The number of carboxylic acids is 2. The summed E-state index contributed by atoms with van der Waals surface area (Å²) in [5.74, 6) is -0.118. The zero-order valence-corrected chi connectivity index (χ0v) is 27.4. The third kappa shape index (κ3) is 72.0. The van der Waals surface area contributed by atoms with E-state index in [0.717, 1.165) is 75.7 Å². The van der Waals surface area contributed by atoms with Gasteiger partial charge in [0.25, 0.3) is 0 Å². The van der Waals surface area contributed by atoms with Gasteiger partial charge in [-0.25, -0.2) is 0 Å². The molecule has 0 atom stereocenters. The molecule has 7 heteroatoms. The van der Waals surface area contributed by atoms with Crippen molar-refractivity contribution in [2.75, 3.05) is 11.5 Å². The molecule has 0 aromatic rings. The molecule has 35 heavy (non-hydrogen) atoms. The molecule has 0 aliphatic carbocycles. The third-order valence-electron chi connectivity index (χ3n) is 4.76. The van der Waals surface area contributed by atoms with Crippen molar-refractivity contribution in [3.05, 3.63) is 13.8 Å². The van der Waals surface area contributed by atoms with Gasteiger partial charge in [0.05, 0.1) is 0 Å². The molecule has 0 aromatic heterocycles. The molecule has 0 unspecified atom stereocenters. The van der Waals surface area contributed by atoms with Crippen molar-refractivity contribution in [3.63, 3.8) is 0 Å². The first-order valence-corrected chi connectivity index (χ1v) is 14.7. The van der Waals surface area contributed by atoms with Crippen LogP contribution < -0.4 is 10.2 Å². The molecule has 4 nitrogen and oxygen atoms in total. The Morgan fingerprint density at radius 3 is 0.914 bits per heavy atom. The fourth-order valence-corrected chi connectivity index (χ4v) is 2.92. The topological polar surface area (TPSA) is 80.3 Å². The summed E-state index contributed by atoms with van der Waals surface area (Å²) in [7, 11) is 0. The molecular weight excluding hydrogens is 583 g/mol. The molecule has 0 bridgehead atoms. The molecule has 0 amide bonds. The number of aliphatic carboxylic acids is 2. The Morgan fingerprint density at radius 1 is 0.543 bits per heavy atom. The first-order valence-electron chi connectivity index (χ1n) is 13.5. The predicted molar refractivity (Wildman–Crippen MR) is 155 cm³/mol. The summed E-state index contributed by atoms with van der Waals surface area (Å²) in [6.07, 6.45) is 20.5.